The second-order valence-electron chi connectivity index (χ2n) is 4.11. The van der Waals surface area contributed by atoms with Crippen molar-refractivity contribution in [3.8, 4) is 11.1 Å². The van der Waals surface area contributed by atoms with Gasteiger partial charge in [0.1, 0.15) is 0 Å². The minimum absolute atomic E-state index is 0.241. The molecule has 18 heavy (non-hydrogen) atoms. The molecule has 2 aromatic carbocycles. The molecule has 3 nitrogen and oxygen atoms in total. The van der Waals surface area contributed by atoms with Gasteiger partial charge in [-0.2, -0.15) is 0 Å². The highest BCUT2D eigenvalue weighted by Gasteiger charge is 2.15. The van der Waals surface area contributed by atoms with Crippen LogP contribution in [0.15, 0.2) is 48.5 Å². The van der Waals surface area contributed by atoms with Crippen molar-refractivity contribution in [1.29, 1.82) is 0 Å². The van der Waals surface area contributed by atoms with Crippen molar-refractivity contribution in [1.82, 2.24) is 0 Å². The first-order valence-electron chi connectivity index (χ1n) is 5.71. The van der Waals surface area contributed by atoms with Gasteiger partial charge in [-0.15, -0.1) is 0 Å². The summed E-state index contributed by atoms with van der Waals surface area (Å²) in [5.41, 5.74) is 2.35. The standard InChI is InChI=1S/C15H14O3/c1-10(16)11-6-2-3-7-12(11)13-8-4-5-9-14(13)15(17)18/h2-10,16H,1H3,(H,17,18). The topological polar surface area (TPSA) is 57.5 Å². The molecule has 92 valence electrons. The Morgan fingerprint density at radius 3 is 2.17 bits per heavy atom. The molecule has 1 atom stereocenters. The lowest BCUT2D eigenvalue weighted by Gasteiger charge is -2.13. The summed E-state index contributed by atoms with van der Waals surface area (Å²) in [6, 6.07) is 14.1. The number of benzene rings is 2. The van der Waals surface area contributed by atoms with Crippen molar-refractivity contribution in [3.05, 3.63) is 59.7 Å². The predicted molar refractivity (Wildman–Crippen MR) is 69.5 cm³/mol. The SMILES string of the molecule is CC(O)c1ccccc1-c1ccccc1C(=O)O. The van der Waals surface area contributed by atoms with Crippen LogP contribution in [0.25, 0.3) is 11.1 Å². The highest BCUT2D eigenvalue weighted by molar-refractivity contribution is 5.96. The van der Waals surface area contributed by atoms with Gasteiger partial charge in [-0.3, -0.25) is 0 Å². The number of hydrogen-bond donors (Lipinski definition) is 2. The van der Waals surface area contributed by atoms with Crippen LogP contribution in [0.5, 0.6) is 0 Å². The van der Waals surface area contributed by atoms with E-state index in [-0.39, 0.29) is 5.56 Å². The summed E-state index contributed by atoms with van der Waals surface area (Å²) < 4.78 is 0. The summed E-state index contributed by atoms with van der Waals surface area (Å²) in [6.07, 6.45) is -0.636. The molecule has 0 fully saturated rings. The van der Waals surface area contributed by atoms with Crippen LogP contribution in [0.2, 0.25) is 0 Å². The average molecular weight is 242 g/mol. The number of carbonyl (C=O) groups is 1. The monoisotopic (exact) mass is 242 g/mol. The van der Waals surface area contributed by atoms with Crippen molar-refractivity contribution >= 4 is 5.97 Å². The van der Waals surface area contributed by atoms with Crippen LogP contribution in [0, 0.1) is 0 Å². The van der Waals surface area contributed by atoms with Crippen molar-refractivity contribution in [2.75, 3.05) is 0 Å². The lowest BCUT2D eigenvalue weighted by Crippen LogP contribution is -2.02. The van der Waals surface area contributed by atoms with Crippen LogP contribution in [-0.2, 0) is 0 Å². The number of aliphatic hydroxyl groups is 1. The van der Waals surface area contributed by atoms with E-state index in [2.05, 4.69) is 0 Å². The van der Waals surface area contributed by atoms with Gasteiger partial charge in [-0.1, -0.05) is 42.5 Å². The van der Waals surface area contributed by atoms with Crippen LogP contribution >= 0.6 is 0 Å². The maximum atomic E-state index is 11.2. The van der Waals surface area contributed by atoms with Gasteiger partial charge in [-0.05, 0) is 29.7 Å². The molecule has 2 aromatic rings. The zero-order chi connectivity index (χ0) is 13.1. The molecule has 0 spiro atoms. The highest BCUT2D eigenvalue weighted by Crippen LogP contribution is 2.30. The van der Waals surface area contributed by atoms with E-state index in [9.17, 15) is 15.0 Å². The molecule has 0 saturated heterocycles. The Kier molecular flexibility index (Phi) is 3.44. The summed E-state index contributed by atoms with van der Waals surface area (Å²) in [4.78, 5) is 11.2. The number of aromatic carboxylic acids is 1. The molecule has 3 heteroatoms. The highest BCUT2D eigenvalue weighted by atomic mass is 16.4. The molecule has 0 saturated carbocycles. The molecular weight excluding hydrogens is 228 g/mol. The molecule has 0 amide bonds. The summed E-state index contributed by atoms with van der Waals surface area (Å²) >= 11 is 0. The van der Waals surface area contributed by atoms with E-state index in [1.54, 1.807) is 37.3 Å². The molecule has 0 radical (unpaired) electrons. The van der Waals surface area contributed by atoms with Gasteiger partial charge in [0.25, 0.3) is 0 Å². The molecule has 1 unspecified atom stereocenters. The van der Waals surface area contributed by atoms with Gasteiger partial charge >= 0.3 is 5.97 Å². The van der Waals surface area contributed by atoms with Crippen LogP contribution in [0.4, 0.5) is 0 Å². The minimum Gasteiger partial charge on any atom is -0.478 e. The molecular formula is C15H14O3. The third-order valence-corrected chi connectivity index (χ3v) is 2.86. The summed E-state index contributed by atoms with van der Waals surface area (Å²) in [7, 11) is 0. The number of hydrogen-bond acceptors (Lipinski definition) is 2. The van der Waals surface area contributed by atoms with Crippen molar-refractivity contribution in [3.63, 3.8) is 0 Å². The smallest absolute Gasteiger partial charge is 0.336 e. The number of carboxylic acids is 1. The number of carboxylic acid groups (broad SMARTS) is 1. The van der Waals surface area contributed by atoms with E-state index in [4.69, 9.17) is 0 Å². The summed E-state index contributed by atoms with van der Waals surface area (Å²) in [6.45, 7) is 1.67. The zero-order valence-corrected chi connectivity index (χ0v) is 10.00. The Hall–Kier alpha value is -2.13. The second kappa shape index (κ2) is 5.02. The van der Waals surface area contributed by atoms with Crippen LogP contribution in [-0.4, -0.2) is 16.2 Å². The van der Waals surface area contributed by atoms with Crippen LogP contribution in [0.1, 0.15) is 28.9 Å². The first kappa shape index (κ1) is 12.3. The summed E-state index contributed by atoms with van der Waals surface area (Å²) in [5, 5.41) is 18.9. The molecule has 0 aliphatic heterocycles. The van der Waals surface area contributed by atoms with Gasteiger partial charge in [0.2, 0.25) is 0 Å². The molecule has 0 aliphatic rings. The Morgan fingerprint density at radius 2 is 1.56 bits per heavy atom. The van der Waals surface area contributed by atoms with E-state index < -0.39 is 12.1 Å². The minimum atomic E-state index is -0.967. The van der Waals surface area contributed by atoms with Crippen LogP contribution < -0.4 is 0 Å². The quantitative estimate of drug-likeness (QED) is 0.869. The van der Waals surface area contributed by atoms with Gasteiger partial charge in [0, 0.05) is 0 Å². The predicted octanol–water partition coefficient (Wildman–Crippen LogP) is 3.11. The molecule has 0 aromatic heterocycles. The summed E-state index contributed by atoms with van der Waals surface area (Å²) in [5.74, 6) is -0.967. The molecule has 2 rings (SSSR count). The first-order chi connectivity index (χ1) is 8.61. The third-order valence-electron chi connectivity index (χ3n) is 2.86. The fourth-order valence-corrected chi connectivity index (χ4v) is 2.01. The fraction of sp³-hybridized carbons (Fsp3) is 0.133. The van der Waals surface area contributed by atoms with E-state index in [1.165, 1.54) is 0 Å². The van der Waals surface area contributed by atoms with Crippen molar-refractivity contribution < 1.29 is 15.0 Å². The fourth-order valence-electron chi connectivity index (χ4n) is 2.01. The normalized spacial score (nSPS) is 12.1. The Labute approximate surface area is 105 Å². The first-order valence-corrected chi connectivity index (χ1v) is 5.71. The van der Waals surface area contributed by atoms with Crippen LogP contribution in [0.3, 0.4) is 0 Å². The van der Waals surface area contributed by atoms with E-state index in [0.29, 0.717) is 5.56 Å². The van der Waals surface area contributed by atoms with E-state index in [1.807, 2.05) is 18.2 Å². The molecule has 0 heterocycles. The van der Waals surface area contributed by atoms with E-state index >= 15 is 0 Å². The Morgan fingerprint density at radius 1 is 1.00 bits per heavy atom. The maximum absolute atomic E-state index is 11.2. The molecule has 2 N–H and O–H groups in total. The van der Waals surface area contributed by atoms with E-state index in [0.717, 1.165) is 11.1 Å². The second-order valence-corrected chi connectivity index (χ2v) is 4.11. The average Bonchev–Trinajstić information content (AvgIpc) is 2.38. The molecule has 0 bridgehead atoms. The maximum Gasteiger partial charge on any atom is 0.336 e. The molecule has 0 aliphatic carbocycles. The van der Waals surface area contributed by atoms with Crippen molar-refractivity contribution in [2.45, 2.75) is 13.0 Å². The Bertz CT molecular complexity index is 573. The van der Waals surface area contributed by atoms with Gasteiger partial charge in [0.05, 0.1) is 11.7 Å². The van der Waals surface area contributed by atoms with Gasteiger partial charge in [-0.25, -0.2) is 4.79 Å². The lowest BCUT2D eigenvalue weighted by molar-refractivity contribution is 0.0697. The number of rotatable bonds is 3. The third kappa shape index (κ3) is 2.26. The Balaban J connectivity index is 2.66. The largest absolute Gasteiger partial charge is 0.478 e. The van der Waals surface area contributed by atoms with Crippen molar-refractivity contribution in [2.24, 2.45) is 0 Å². The number of aliphatic hydroxyl groups excluding tert-OH is 1. The van der Waals surface area contributed by atoms with Gasteiger partial charge < -0.3 is 10.2 Å². The zero-order valence-electron chi connectivity index (χ0n) is 10.00. The van der Waals surface area contributed by atoms with Gasteiger partial charge in [0.15, 0.2) is 0 Å². The lowest BCUT2D eigenvalue weighted by atomic mass is 9.93.